The summed E-state index contributed by atoms with van der Waals surface area (Å²) in [4.78, 5) is 12.7. The van der Waals surface area contributed by atoms with Crippen molar-refractivity contribution in [2.24, 2.45) is 11.8 Å². The van der Waals surface area contributed by atoms with Gasteiger partial charge in [-0.3, -0.25) is 4.79 Å². The fraction of sp³-hybridized carbons (Fsp3) is 0.972. The van der Waals surface area contributed by atoms with E-state index in [2.05, 4.69) is 27.7 Å². The molecule has 2 nitrogen and oxygen atoms in total. The largest absolute Gasteiger partial charge is 0.465 e. The minimum Gasteiger partial charge on any atom is -0.465 e. The van der Waals surface area contributed by atoms with Gasteiger partial charge in [0.15, 0.2) is 0 Å². The van der Waals surface area contributed by atoms with Gasteiger partial charge in [-0.25, -0.2) is 0 Å². The molecule has 0 radical (unpaired) electrons. The summed E-state index contributed by atoms with van der Waals surface area (Å²) < 4.78 is 5.90. The molecule has 0 aromatic rings. The van der Waals surface area contributed by atoms with E-state index in [4.69, 9.17) is 4.74 Å². The predicted octanol–water partition coefficient (Wildman–Crippen LogP) is 12.8. The van der Waals surface area contributed by atoms with Crippen molar-refractivity contribution in [3.63, 3.8) is 0 Å². The van der Waals surface area contributed by atoms with Crippen molar-refractivity contribution in [2.75, 3.05) is 6.61 Å². The lowest BCUT2D eigenvalue weighted by atomic mass is 9.94. The number of hydrogen-bond donors (Lipinski definition) is 0. The maximum atomic E-state index is 12.7. The highest BCUT2D eigenvalue weighted by atomic mass is 16.5. The van der Waals surface area contributed by atoms with Crippen LogP contribution in [0.25, 0.3) is 0 Å². The summed E-state index contributed by atoms with van der Waals surface area (Å²) in [6.45, 7) is 9.60. The number of carbonyl (C=O) groups is 1. The van der Waals surface area contributed by atoms with Crippen molar-refractivity contribution in [1.29, 1.82) is 0 Å². The smallest absolute Gasteiger partial charge is 0.308 e. The van der Waals surface area contributed by atoms with E-state index >= 15 is 0 Å². The van der Waals surface area contributed by atoms with Gasteiger partial charge in [-0.15, -0.1) is 0 Å². The van der Waals surface area contributed by atoms with Crippen molar-refractivity contribution < 1.29 is 9.53 Å². The predicted molar refractivity (Wildman–Crippen MR) is 170 cm³/mol. The highest BCUT2D eigenvalue weighted by molar-refractivity contribution is 5.71. The average molecular weight is 537 g/mol. The van der Waals surface area contributed by atoms with Crippen LogP contribution in [0.1, 0.15) is 207 Å². The molecule has 0 aliphatic carbocycles. The first-order chi connectivity index (χ1) is 18.7. The van der Waals surface area contributed by atoms with Crippen LogP contribution in [-0.4, -0.2) is 12.6 Å². The zero-order chi connectivity index (χ0) is 27.9. The van der Waals surface area contributed by atoms with Gasteiger partial charge >= 0.3 is 5.97 Å². The molecule has 0 spiro atoms. The zero-order valence-corrected chi connectivity index (χ0v) is 27.0. The van der Waals surface area contributed by atoms with E-state index in [0.29, 0.717) is 12.5 Å². The fourth-order valence-electron chi connectivity index (χ4n) is 5.67. The normalized spacial score (nSPS) is 13.1. The molecule has 0 bridgehead atoms. The van der Waals surface area contributed by atoms with Crippen molar-refractivity contribution in [3.8, 4) is 0 Å². The Labute approximate surface area is 241 Å². The van der Waals surface area contributed by atoms with Crippen LogP contribution < -0.4 is 0 Å². The number of hydrogen-bond acceptors (Lipinski definition) is 2. The monoisotopic (exact) mass is 537 g/mol. The number of unbranched alkanes of at least 4 members (excludes halogenated alkanes) is 22. The van der Waals surface area contributed by atoms with Crippen molar-refractivity contribution in [2.45, 2.75) is 207 Å². The lowest BCUT2D eigenvalue weighted by molar-refractivity contribution is -0.149. The van der Waals surface area contributed by atoms with E-state index in [-0.39, 0.29) is 11.9 Å². The maximum absolute atomic E-state index is 12.7. The molecule has 0 aliphatic heterocycles. The molecule has 0 N–H and O–H groups in total. The topological polar surface area (TPSA) is 26.3 Å². The molecule has 0 saturated carbocycles. The molecule has 0 rings (SSSR count). The Balaban J connectivity index is 4.03. The van der Waals surface area contributed by atoms with E-state index in [1.165, 1.54) is 173 Å². The summed E-state index contributed by atoms with van der Waals surface area (Å²) in [5, 5.41) is 0. The Morgan fingerprint density at radius 1 is 0.447 bits per heavy atom. The maximum Gasteiger partial charge on any atom is 0.308 e. The quantitative estimate of drug-likeness (QED) is 0.0650. The number of esters is 1. The Hall–Kier alpha value is -0.530. The molecule has 0 saturated heterocycles. The average Bonchev–Trinajstić information content (AvgIpc) is 2.92. The lowest BCUT2D eigenvalue weighted by Crippen LogP contribution is -2.20. The molecule has 0 aliphatic rings. The second-order valence-electron chi connectivity index (χ2n) is 12.5. The van der Waals surface area contributed by atoms with E-state index in [0.717, 1.165) is 6.42 Å². The molecule has 0 aromatic carbocycles. The Kier molecular flexibility index (Phi) is 30.6. The molecular formula is C36H72O2. The van der Waals surface area contributed by atoms with Crippen molar-refractivity contribution in [3.05, 3.63) is 0 Å². The van der Waals surface area contributed by atoms with Gasteiger partial charge in [0.2, 0.25) is 0 Å². The van der Waals surface area contributed by atoms with Gasteiger partial charge < -0.3 is 4.74 Å². The third-order valence-corrected chi connectivity index (χ3v) is 8.54. The summed E-state index contributed by atoms with van der Waals surface area (Å²) in [5.41, 5.74) is 0. The van der Waals surface area contributed by atoms with Crippen LogP contribution in [0.2, 0.25) is 0 Å². The molecule has 2 unspecified atom stereocenters. The summed E-state index contributed by atoms with van der Waals surface area (Å²) in [6.07, 6.45) is 37.5. The van der Waals surface area contributed by atoms with Gasteiger partial charge in [0.25, 0.3) is 0 Å². The number of rotatable bonds is 31. The molecule has 2 atom stereocenters. The number of carbonyl (C=O) groups excluding carboxylic acids is 1. The SMILES string of the molecule is CCCCCCCCCCCCCC(C)C(=O)OCC(CCCCCCCC)CCCCCCCCCC. The standard InChI is InChI=1S/C36H72O2/c1-5-8-11-14-17-19-20-21-22-24-27-30-34(4)36(37)38-33-35(31-28-25-16-13-10-7-3)32-29-26-23-18-15-12-9-6-2/h34-35H,5-33H2,1-4H3. The van der Waals surface area contributed by atoms with Crippen LogP contribution >= 0.6 is 0 Å². The van der Waals surface area contributed by atoms with E-state index < -0.39 is 0 Å². The van der Waals surface area contributed by atoms with Gasteiger partial charge in [0.05, 0.1) is 12.5 Å². The molecule has 2 heteroatoms. The highest BCUT2D eigenvalue weighted by Gasteiger charge is 2.17. The van der Waals surface area contributed by atoms with Crippen LogP contribution in [0.4, 0.5) is 0 Å². The van der Waals surface area contributed by atoms with Crippen LogP contribution in [-0.2, 0) is 9.53 Å². The summed E-state index contributed by atoms with van der Waals surface area (Å²) in [6, 6.07) is 0. The molecule has 0 aromatic heterocycles. The minimum atomic E-state index is 0.0564. The molecule has 0 amide bonds. The van der Waals surface area contributed by atoms with Crippen LogP contribution in [0.3, 0.4) is 0 Å². The fourth-order valence-corrected chi connectivity index (χ4v) is 5.67. The second-order valence-corrected chi connectivity index (χ2v) is 12.5. The van der Waals surface area contributed by atoms with Gasteiger partial charge in [-0.2, -0.15) is 0 Å². The van der Waals surface area contributed by atoms with Crippen LogP contribution in [0.15, 0.2) is 0 Å². The Morgan fingerprint density at radius 3 is 1.08 bits per heavy atom. The molecule has 0 fully saturated rings. The van der Waals surface area contributed by atoms with E-state index in [1.807, 2.05) is 0 Å². The van der Waals surface area contributed by atoms with Gasteiger partial charge in [-0.1, -0.05) is 188 Å². The van der Waals surface area contributed by atoms with Crippen molar-refractivity contribution >= 4 is 5.97 Å². The highest BCUT2D eigenvalue weighted by Crippen LogP contribution is 2.21. The first-order valence-electron chi connectivity index (χ1n) is 17.8. The first kappa shape index (κ1) is 37.5. The molecule has 0 heterocycles. The summed E-state index contributed by atoms with van der Waals surface area (Å²) >= 11 is 0. The summed E-state index contributed by atoms with van der Waals surface area (Å²) in [7, 11) is 0. The van der Waals surface area contributed by atoms with Crippen molar-refractivity contribution in [1.82, 2.24) is 0 Å². The number of ether oxygens (including phenoxy) is 1. The van der Waals surface area contributed by atoms with Crippen LogP contribution in [0.5, 0.6) is 0 Å². The van der Waals surface area contributed by atoms with Gasteiger partial charge in [0, 0.05) is 0 Å². The van der Waals surface area contributed by atoms with Gasteiger partial charge in [-0.05, 0) is 25.2 Å². The first-order valence-corrected chi connectivity index (χ1v) is 17.8. The molecule has 228 valence electrons. The molecular weight excluding hydrogens is 464 g/mol. The Morgan fingerprint density at radius 2 is 0.737 bits per heavy atom. The third kappa shape index (κ3) is 27.1. The van der Waals surface area contributed by atoms with Crippen LogP contribution in [0, 0.1) is 11.8 Å². The lowest BCUT2D eigenvalue weighted by Gasteiger charge is -2.19. The summed E-state index contributed by atoms with van der Waals surface area (Å²) in [5.74, 6) is 0.687. The van der Waals surface area contributed by atoms with E-state index in [1.54, 1.807) is 0 Å². The van der Waals surface area contributed by atoms with E-state index in [9.17, 15) is 4.79 Å². The third-order valence-electron chi connectivity index (χ3n) is 8.54. The zero-order valence-electron chi connectivity index (χ0n) is 27.0. The second kappa shape index (κ2) is 31.0. The molecule has 38 heavy (non-hydrogen) atoms. The Bertz CT molecular complexity index is 460. The van der Waals surface area contributed by atoms with Gasteiger partial charge in [0.1, 0.15) is 0 Å². The minimum absolute atomic E-state index is 0.0564.